The number of nitrogens with one attached hydrogen (secondary N) is 1. The lowest BCUT2D eigenvalue weighted by Crippen LogP contribution is -2.35. The summed E-state index contributed by atoms with van der Waals surface area (Å²) < 4.78 is 7.74. The normalized spacial score (nSPS) is 15.3. The number of fused-ring (bicyclic) bond motifs is 1. The fourth-order valence-electron chi connectivity index (χ4n) is 5.73. The van der Waals surface area contributed by atoms with Gasteiger partial charge in [-0.2, -0.15) is 0 Å². The van der Waals surface area contributed by atoms with Crippen molar-refractivity contribution in [2.45, 2.75) is 64.2 Å². The van der Waals surface area contributed by atoms with Crippen molar-refractivity contribution in [1.82, 2.24) is 30.1 Å². The molecule has 6 rings (SSSR count). The van der Waals surface area contributed by atoms with E-state index in [1.807, 2.05) is 72.3 Å². The number of furan rings is 1. The quantitative estimate of drug-likeness (QED) is 0.245. The molecule has 0 saturated heterocycles. The van der Waals surface area contributed by atoms with Gasteiger partial charge in [0.05, 0.1) is 24.4 Å². The van der Waals surface area contributed by atoms with Gasteiger partial charge in [-0.3, -0.25) is 9.69 Å². The Kier molecular flexibility index (Phi) is 7.30. The van der Waals surface area contributed by atoms with E-state index in [1.165, 1.54) is 6.42 Å². The average Bonchev–Trinajstić information content (AvgIpc) is 3.64. The number of hydrogen-bond donors (Lipinski definition) is 1. The number of halogens is 1. The summed E-state index contributed by atoms with van der Waals surface area (Å²) in [7, 11) is 0. The highest BCUT2D eigenvalue weighted by Gasteiger charge is 2.33. The Balaban J connectivity index is 1.53. The molecule has 1 N–H and O–H groups in total. The first-order valence-electron chi connectivity index (χ1n) is 13.5. The van der Waals surface area contributed by atoms with Gasteiger partial charge in [0.25, 0.3) is 5.56 Å². The van der Waals surface area contributed by atoms with Gasteiger partial charge in [-0.1, -0.05) is 61.2 Å². The lowest BCUT2D eigenvalue weighted by atomic mass is 9.95. The van der Waals surface area contributed by atoms with E-state index in [2.05, 4.69) is 25.4 Å². The molecule has 1 unspecified atom stereocenters. The van der Waals surface area contributed by atoms with E-state index in [0.717, 1.165) is 53.5 Å². The van der Waals surface area contributed by atoms with Crippen LogP contribution in [-0.2, 0) is 13.1 Å². The third-order valence-electron chi connectivity index (χ3n) is 7.70. The minimum atomic E-state index is -0.517. The zero-order valence-corrected chi connectivity index (χ0v) is 22.6. The summed E-state index contributed by atoms with van der Waals surface area (Å²) in [5, 5.41) is 14.8. The van der Waals surface area contributed by atoms with Crippen LogP contribution < -0.4 is 5.56 Å². The molecule has 39 heavy (non-hydrogen) atoms. The standard InChI is InChI=1S/C30H31ClN6O2/c1-20-7-5-8-22-17-26(30(38)32-27(20)22)28(29-33-34-35-37(29)24-9-3-2-4-10-24)36(19-25-11-6-16-39-25)18-21-12-14-23(31)15-13-21/h5-8,11-17,24,28H,2-4,9-10,18-19H2,1H3,(H,32,38). The molecule has 1 fully saturated rings. The predicted molar refractivity (Wildman–Crippen MR) is 150 cm³/mol. The van der Waals surface area contributed by atoms with E-state index >= 15 is 0 Å². The number of pyridine rings is 1. The van der Waals surface area contributed by atoms with Gasteiger partial charge in [-0.15, -0.1) is 5.10 Å². The summed E-state index contributed by atoms with van der Waals surface area (Å²) >= 11 is 6.19. The number of aryl methyl sites for hydroxylation is 1. The van der Waals surface area contributed by atoms with Gasteiger partial charge in [-0.25, -0.2) is 4.68 Å². The van der Waals surface area contributed by atoms with E-state index in [1.54, 1.807) is 6.26 Å². The molecule has 0 radical (unpaired) electrons. The molecule has 1 aliphatic rings. The Labute approximate surface area is 231 Å². The van der Waals surface area contributed by atoms with E-state index in [-0.39, 0.29) is 11.6 Å². The molecule has 200 valence electrons. The minimum Gasteiger partial charge on any atom is -0.468 e. The first-order chi connectivity index (χ1) is 19.1. The van der Waals surface area contributed by atoms with Gasteiger partial charge in [-0.05, 0) is 77.0 Å². The molecule has 1 saturated carbocycles. The number of hydrogen-bond acceptors (Lipinski definition) is 6. The summed E-state index contributed by atoms with van der Waals surface area (Å²) in [5.41, 5.74) is 3.36. The maximum absolute atomic E-state index is 13.8. The molecule has 2 aromatic carbocycles. The van der Waals surface area contributed by atoms with Crippen molar-refractivity contribution >= 4 is 22.5 Å². The number of benzene rings is 2. The lowest BCUT2D eigenvalue weighted by Gasteiger charge is -2.32. The number of aromatic nitrogens is 5. The van der Waals surface area contributed by atoms with Crippen molar-refractivity contribution in [2.75, 3.05) is 0 Å². The van der Waals surface area contributed by atoms with Crippen molar-refractivity contribution < 1.29 is 4.42 Å². The van der Waals surface area contributed by atoms with Gasteiger partial charge < -0.3 is 9.40 Å². The Morgan fingerprint density at radius 3 is 2.67 bits per heavy atom. The van der Waals surface area contributed by atoms with Crippen LogP contribution >= 0.6 is 11.6 Å². The number of tetrazole rings is 1. The Bertz CT molecular complexity index is 1600. The zero-order valence-electron chi connectivity index (χ0n) is 21.9. The molecule has 3 heterocycles. The second-order valence-corrected chi connectivity index (χ2v) is 10.8. The van der Waals surface area contributed by atoms with Gasteiger partial charge in [0, 0.05) is 17.1 Å². The highest BCUT2D eigenvalue weighted by molar-refractivity contribution is 6.30. The minimum absolute atomic E-state index is 0.152. The highest BCUT2D eigenvalue weighted by atomic mass is 35.5. The topological polar surface area (TPSA) is 92.8 Å². The van der Waals surface area contributed by atoms with Crippen molar-refractivity contribution in [2.24, 2.45) is 0 Å². The maximum Gasteiger partial charge on any atom is 0.253 e. The number of aromatic amines is 1. The van der Waals surface area contributed by atoms with Crippen LogP contribution in [0.3, 0.4) is 0 Å². The lowest BCUT2D eigenvalue weighted by molar-refractivity contribution is 0.173. The van der Waals surface area contributed by atoms with E-state index in [0.29, 0.717) is 29.5 Å². The second kappa shape index (κ2) is 11.2. The molecule has 0 amide bonds. The van der Waals surface area contributed by atoms with Gasteiger partial charge in [0.15, 0.2) is 5.82 Å². The van der Waals surface area contributed by atoms with Crippen LogP contribution in [0, 0.1) is 6.92 Å². The zero-order chi connectivity index (χ0) is 26.8. The molecule has 9 heteroatoms. The summed E-state index contributed by atoms with van der Waals surface area (Å²) in [5.74, 6) is 1.46. The molecule has 8 nitrogen and oxygen atoms in total. The number of H-pyrrole nitrogens is 1. The van der Waals surface area contributed by atoms with Crippen molar-refractivity contribution in [3.63, 3.8) is 0 Å². The molecular weight excluding hydrogens is 512 g/mol. The van der Waals surface area contributed by atoms with Crippen molar-refractivity contribution in [3.8, 4) is 0 Å². The van der Waals surface area contributed by atoms with Gasteiger partial charge >= 0.3 is 0 Å². The van der Waals surface area contributed by atoms with Crippen LogP contribution in [0.1, 0.15) is 72.5 Å². The van der Waals surface area contributed by atoms with Gasteiger partial charge in [0.2, 0.25) is 0 Å². The molecule has 0 spiro atoms. The molecule has 0 aliphatic heterocycles. The third-order valence-corrected chi connectivity index (χ3v) is 7.95. The highest BCUT2D eigenvalue weighted by Crippen LogP contribution is 2.35. The van der Waals surface area contributed by atoms with Crippen molar-refractivity contribution in [1.29, 1.82) is 0 Å². The van der Waals surface area contributed by atoms with Crippen LogP contribution in [0.2, 0.25) is 5.02 Å². The maximum atomic E-state index is 13.8. The third kappa shape index (κ3) is 5.40. The molecule has 5 aromatic rings. The smallest absolute Gasteiger partial charge is 0.253 e. The summed E-state index contributed by atoms with van der Waals surface area (Å²) in [4.78, 5) is 19.2. The molecule has 1 aliphatic carbocycles. The van der Waals surface area contributed by atoms with Crippen LogP contribution in [0.25, 0.3) is 10.9 Å². The molecule has 1 atom stereocenters. The van der Waals surface area contributed by atoms with Crippen LogP contribution in [0.15, 0.2) is 76.1 Å². The van der Waals surface area contributed by atoms with E-state index in [4.69, 9.17) is 16.0 Å². The monoisotopic (exact) mass is 542 g/mol. The molecular formula is C30H31ClN6O2. The molecule has 0 bridgehead atoms. The first-order valence-corrected chi connectivity index (χ1v) is 13.9. The van der Waals surface area contributed by atoms with Crippen molar-refractivity contribution in [3.05, 3.63) is 111 Å². The van der Waals surface area contributed by atoms with Crippen LogP contribution in [0.4, 0.5) is 0 Å². The Hall–Kier alpha value is -3.75. The molecule has 3 aromatic heterocycles. The number of para-hydroxylation sites is 1. The average molecular weight is 543 g/mol. The predicted octanol–water partition coefficient (Wildman–Crippen LogP) is 6.37. The SMILES string of the molecule is Cc1cccc2cc(C(c3nnnn3C3CCCCC3)N(Cc3ccc(Cl)cc3)Cc3ccco3)c(=O)[nH]c12. The van der Waals surface area contributed by atoms with Crippen LogP contribution in [0.5, 0.6) is 0 Å². The van der Waals surface area contributed by atoms with E-state index < -0.39 is 6.04 Å². The first kappa shape index (κ1) is 25.5. The van der Waals surface area contributed by atoms with Gasteiger partial charge in [0.1, 0.15) is 11.8 Å². The fourth-order valence-corrected chi connectivity index (χ4v) is 5.86. The fraction of sp³-hybridized carbons (Fsp3) is 0.333. The largest absolute Gasteiger partial charge is 0.468 e. The summed E-state index contributed by atoms with van der Waals surface area (Å²) in [6.07, 6.45) is 7.22. The van der Waals surface area contributed by atoms with Crippen LogP contribution in [-0.4, -0.2) is 30.1 Å². The Morgan fingerprint density at radius 2 is 1.90 bits per heavy atom. The summed E-state index contributed by atoms with van der Waals surface area (Å²) in [6, 6.07) is 19.3. The second-order valence-electron chi connectivity index (χ2n) is 10.4. The summed E-state index contributed by atoms with van der Waals surface area (Å²) in [6.45, 7) is 3.00. The number of nitrogens with zero attached hydrogens (tertiary/aromatic N) is 5. The Morgan fingerprint density at radius 1 is 1.08 bits per heavy atom. The number of rotatable bonds is 8. The van der Waals surface area contributed by atoms with E-state index in [9.17, 15) is 4.79 Å².